The summed E-state index contributed by atoms with van der Waals surface area (Å²) >= 11 is 1.67. The van der Waals surface area contributed by atoms with E-state index in [1.165, 1.54) is 0 Å². The van der Waals surface area contributed by atoms with Crippen molar-refractivity contribution in [1.29, 1.82) is 0 Å². The molecule has 25 heavy (non-hydrogen) atoms. The zero-order chi connectivity index (χ0) is 17.4. The van der Waals surface area contributed by atoms with Gasteiger partial charge >= 0.3 is 0 Å². The fourth-order valence-electron chi connectivity index (χ4n) is 3.64. The molecule has 1 N–H and O–H groups in total. The summed E-state index contributed by atoms with van der Waals surface area (Å²) in [6.07, 6.45) is 1.85. The maximum absolute atomic E-state index is 13.2. The van der Waals surface area contributed by atoms with E-state index in [2.05, 4.69) is 19.8 Å². The Bertz CT molecular complexity index is 878. The van der Waals surface area contributed by atoms with Gasteiger partial charge in [-0.15, -0.1) is 11.3 Å². The fourth-order valence-corrected chi connectivity index (χ4v) is 4.34. The van der Waals surface area contributed by atoms with Crippen LogP contribution in [0.15, 0.2) is 35.8 Å². The highest BCUT2D eigenvalue weighted by Crippen LogP contribution is 2.25. The van der Waals surface area contributed by atoms with E-state index in [4.69, 9.17) is 0 Å². The normalized spacial score (nSPS) is 17.1. The number of anilines is 1. The molecule has 5 nitrogen and oxygen atoms in total. The van der Waals surface area contributed by atoms with Gasteiger partial charge < -0.3 is 9.88 Å². The van der Waals surface area contributed by atoms with E-state index < -0.39 is 0 Å². The number of hydrogen-bond acceptors (Lipinski definition) is 5. The highest BCUT2D eigenvalue weighted by molar-refractivity contribution is 7.13. The topological polar surface area (TPSA) is 52.2 Å². The largest absolute Gasteiger partial charge is 0.358 e. The Morgan fingerprint density at radius 2 is 2.00 bits per heavy atom. The van der Waals surface area contributed by atoms with Gasteiger partial charge in [0.1, 0.15) is 0 Å². The lowest BCUT2D eigenvalue weighted by atomic mass is 10.0. The number of nitrogens with one attached hydrogen (secondary N) is 1. The number of piperazine rings is 1. The third-order valence-electron chi connectivity index (χ3n) is 5.07. The van der Waals surface area contributed by atoms with Gasteiger partial charge in [-0.3, -0.25) is 9.69 Å². The Labute approximate surface area is 151 Å². The molecule has 3 heterocycles. The molecule has 1 aliphatic rings. The highest BCUT2D eigenvalue weighted by Gasteiger charge is 2.29. The number of carbonyl (C=O) groups excluding carboxylic acids is 1. The standard InChI is InChI=1S/C19H22N4OS/c1-13-17(15-5-3-4-6-16(15)21-13)18(24)14(2)22-8-10-23(11-9-22)19-20-7-12-25-19/h3-7,12,14,21H,8-11H2,1-2H3. The summed E-state index contributed by atoms with van der Waals surface area (Å²) in [6, 6.07) is 7.92. The van der Waals surface area contributed by atoms with Gasteiger partial charge in [0.05, 0.1) is 6.04 Å². The molecule has 0 aliphatic carbocycles. The van der Waals surface area contributed by atoms with Gasteiger partial charge in [0.15, 0.2) is 10.9 Å². The average molecular weight is 354 g/mol. The lowest BCUT2D eigenvalue weighted by Gasteiger charge is -2.37. The van der Waals surface area contributed by atoms with Crippen molar-refractivity contribution in [2.45, 2.75) is 19.9 Å². The minimum Gasteiger partial charge on any atom is -0.358 e. The zero-order valence-corrected chi connectivity index (χ0v) is 15.3. The third-order valence-corrected chi connectivity index (χ3v) is 5.90. The van der Waals surface area contributed by atoms with Crippen molar-refractivity contribution in [3.05, 3.63) is 47.1 Å². The molecule has 1 unspecified atom stereocenters. The number of ketones is 1. The SMILES string of the molecule is Cc1[nH]c2ccccc2c1C(=O)C(C)N1CCN(c2nccs2)CC1. The van der Waals surface area contributed by atoms with Crippen molar-refractivity contribution in [1.82, 2.24) is 14.9 Å². The summed E-state index contributed by atoms with van der Waals surface area (Å²) in [7, 11) is 0. The molecule has 0 spiro atoms. The fraction of sp³-hybridized carbons (Fsp3) is 0.368. The van der Waals surface area contributed by atoms with E-state index in [0.29, 0.717) is 0 Å². The predicted molar refractivity (Wildman–Crippen MR) is 103 cm³/mol. The monoisotopic (exact) mass is 354 g/mol. The van der Waals surface area contributed by atoms with Crippen LogP contribution in [0.3, 0.4) is 0 Å². The van der Waals surface area contributed by atoms with E-state index in [-0.39, 0.29) is 11.8 Å². The number of aromatic nitrogens is 2. The van der Waals surface area contributed by atoms with E-state index >= 15 is 0 Å². The van der Waals surface area contributed by atoms with Crippen molar-refractivity contribution in [3.63, 3.8) is 0 Å². The second kappa shape index (κ2) is 6.61. The van der Waals surface area contributed by atoms with Crippen LogP contribution in [0.5, 0.6) is 0 Å². The lowest BCUT2D eigenvalue weighted by molar-refractivity contribution is 0.0831. The van der Waals surface area contributed by atoms with Crippen LogP contribution in [0.4, 0.5) is 5.13 Å². The van der Waals surface area contributed by atoms with E-state index in [1.54, 1.807) is 11.3 Å². The summed E-state index contributed by atoms with van der Waals surface area (Å²) in [4.78, 5) is 25.5. The number of para-hydroxylation sites is 1. The van der Waals surface area contributed by atoms with Crippen molar-refractivity contribution >= 4 is 33.2 Å². The summed E-state index contributed by atoms with van der Waals surface area (Å²) in [5.41, 5.74) is 2.83. The molecular formula is C19H22N4OS. The first-order valence-electron chi connectivity index (χ1n) is 8.65. The summed E-state index contributed by atoms with van der Waals surface area (Å²) in [5, 5.41) is 4.11. The molecule has 2 aromatic heterocycles. The second-order valence-corrected chi connectivity index (χ2v) is 7.42. The van der Waals surface area contributed by atoms with Crippen molar-refractivity contribution < 1.29 is 4.79 Å². The van der Waals surface area contributed by atoms with Crippen LogP contribution in [0.2, 0.25) is 0 Å². The molecule has 0 saturated carbocycles. The zero-order valence-electron chi connectivity index (χ0n) is 14.5. The molecular weight excluding hydrogens is 332 g/mol. The summed E-state index contributed by atoms with van der Waals surface area (Å²) < 4.78 is 0. The van der Waals surface area contributed by atoms with Crippen molar-refractivity contribution in [2.24, 2.45) is 0 Å². The first-order valence-corrected chi connectivity index (χ1v) is 9.53. The number of fused-ring (bicyclic) bond motifs is 1. The van der Waals surface area contributed by atoms with Crippen molar-refractivity contribution in [2.75, 3.05) is 31.1 Å². The number of nitrogens with zero attached hydrogens (tertiary/aromatic N) is 3. The van der Waals surface area contributed by atoms with Crippen LogP contribution in [0.25, 0.3) is 10.9 Å². The number of carbonyl (C=O) groups is 1. The Hall–Kier alpha value is -2.18. The van der Waals surface area contributed by atoms with Crippen LogP contribution in [0.1, 0.15) is 23.0 Å². The average Bonchev–Trinajstić information content (AvgIpc) is 3.27. The van der Waals surface area contributed by atoms with E-state index in [0.717, 1.165) is 53.5 Å². The van der Waals surface area contributed by atoms with Gasteiger partial charge in [-0.1, -0.05) is 18.2 Å². The number of hydrogen-bond donors (Lipinski definition) is 1. The molecule has 3 aromatic rings. The Kier molecular flexibility index (Phi) is 4.31. The number of H-pyrrole nitrogens is 1. The van der Waals surface area contributed by atoms with Gasteiger partial charge in [0, 0.05) is 59.9 Å². The molecule has 1 fully saturated rings. The third kappa shape index (κ3) is 2.96. The van der Waals surface area contributed by atoms with Crippen LogP contribution in [-0.4, -0.2) is 52.9 Å². The Balaban J connectivity index is 1.50. The highest BCUT2D eigenvalue weighted by atomic mass is 32.1. The molecule has 6 heteroatoms. The quantitative estimate of drug-likeness (QED) is 0.730. The van der Waals surface area contributed by atoms with E-state index in [9.17, 15) is 4.79 Å². The minimum absolute atomic E-state index is 0.114. The Morgan fingerprint density at radius 3 is 2.72 bits per heavy atom. The molecule has 130 valence electrons. The van der Waals surface area contributed by atoms with Gasteiger partial charge in [0.2, 0.25) is 0 Å². The van der Waals surface area contributed by atoms with Crippen LogP contribution in [-0.2, 0) is 0 Å². The maximum atomic E-state index is 13.2. The van der Waals surface area contributed by atoms with Crippen LogP contribution in [0, 0.1) is 6.92 Å². The smallest absolute Gasteiger partial charge is 0.185 e. The predicted octanol–water partition coefficient (Wildman–Crippen LogP) is 3.33. The van der Waals surface area contributed by atoms with Gasteiger partial charge in [-0.25, -0.2) is 4.98 Å². The second-order valence-electron chi connectivity index (χ2n) is 6.55. The Morgan fingerprint density at radius 1 is 1.24 bits per heavy atom. The molecule has 0 radical (unpaired) electrons. The van der Waals surface area contributed by atoms with Gasteiger partial charge in [0.25, 0.3) is 0 Å². The molecule has 1 atom stereocenters. The number of aryl methyl sites for hydroxylation is 1. The van der Waals surface area contributed by atoms with Crippen molar-refractivity contribution in [3.8, 4) is 0 Å². The molecule has 1 aliphatic heterocycles. The number of rotatable bonds is 4. The van der Waals surface area contributed by atoms with Crippen LogP contribution >= 0.6 is 11.3 Å². The van der Waals surface area contributed by atoms with E-state index in [1.807, 2.05) is 49.7 Å². The first kappa shape index (κ1) is 16.3. The number of aromatic amines is 1. The number of thiazole rings is 1. The summed E-state index contributed by atoms with van der Waals surface area (Å²) in [6.45, 7) is 7.61. The molecule has 0 bridgehead atoms. The molecule has 1 saturated heterocycles. The minimum atomic E-state index is -0.114. The maximum Gasteiger partial charge on any atom is 0.185 e. The summed E-state index contributed by atoms with van der Waals surface area (Å²) in [5.74, 6) is 0.206. The van der Waals surface area contributed by atoms with Crippen LogP contribution < -0.4 is 4.90 Å². The molecule has 0 amide bonds. The molecule has 4 rings (SSSR count). The first-order chi connectivity index (χ1) is 12.1. The molecule has 1 aromatic carbocycles. The number of Topliss-reactive ketones (excluding diaryl/α,β-unsaturated/α-hetero) is 1. The lowest BCUT2D eigenvalue weighted by Crippen LogP contribution is -2.51. The van der Waals surface area contributed by atoms with Gasteiger partial charge in [-0.05, 0) is 19.9 Å². The van der Waals surface area contributed by atoms with Gasteiger partial charge in [-0.2, -0.15) is 0 Å². The number of benzene rings is 1.